The highest BCUT2D eigenvalue weighted by Gasteiger charge is 2.38. The van der Waals surface area contributed by atoms with Crippen molar-refractivity contribution in [3.63, 3.8) is 0 Å². The monoisotopic (exact) mass is 207 g/mol. The Bertz CT molecular complexity index is 289. The molecular formula is C7H13NO4S. The number of piperidine rings is 1. The Morgan fingerprint density at radius 2 is 2.15 bits per heavy atom. The van der Waals surface area contributed by atoms with Crippen molar-refractivity contribution in [3.05, 3.63) is 0 Å². The average Bonchev–Trinajstić information content (AvgIpc) is 2.24. The van der Waals surface area contributed by atoms with Gasteiger partial charge in [0.1, 0.15) is 0 Å². The van der Waals surface area contributed by atoms with E-state index in [2.05, 4.69) is 9.08 Å². The van der Waals surface area contributed by atoms with E-state index in [0.29, 0.717) is 6.54 Å². The van der Waals surface area contributed by atoms with Gasteiger partial charge in [0.15, 0.2) is 0 Å². The van der Waals surface area contributed by atoms with Crippen LogP contribution in [0.2, 0.25) is 0 Å². The third-order valence-corrected chi connectivity index (χ3v) is 3.24. The molecule has 1 N–H and O–H groups in total. The molecule has 0 radical (unpaired) electrons. The molecule has 5 nitrogen and oxygen atoms in total. The number of nitrogens with zero attached hydrogens (tertiary/aromatic N) is 1. The van der Waals surface area contributed by atoms with Crippen molar-refractivity contribution in [2.24, 2.45) is 5.92 Å². The lowest BCUT2D eigenvalue weighted by Gasteiger charge is -2.21. The van der Waals surface area contributed by atoms with Crippen molar-refractivity contribution >= 4 is 10.4 Å². The number of rotatable bonds is 2. The third-order valence-electron chi connectivity index (χ3n) is 2.75. The lowest BCUT2D eigenvalue weighted by atomic mass is 9.99. The van der Waals surface area contributed by atoms with Crippen molar-refractivity contribution in [2.45, 2.75) is 18.9 Å². The van der Waals surface area contributed by atoms with Crippen molar-refractivity contribution < 1.29 is 17.2 Å². The fourth-order valence-electron chi connectivity index (χ4n) is 2.23. The molecule has 13 heavy (non-hydrogen) atoms. The second kappa shape index (κ2) is 3.20. The summed E-state index contributed by atoms with van der Waals surface area (Å²) in [6, 6.07) is 0. The van der Waals surface area contributed by atoms with Gasteiger partial charge in [-0.1, -0.05) is 0 Å². The van der Waals surface area contributed by atoms with Crippen molar-refractivity contribution in [1.82, 2.24) is 4.90 Å². The molecule has 3 unspecified atom stereocenters. The summed E-state index contributed by atoms with van der Waals surface area (Å²) in [4.78, 5) is 2.17. The fourth-order valence-corrected chi connectivity index (χ4v) is 2.76. The summed E-state index contributed by atoms with van der Waals surface area (Å²) in [6.45, 7) is 2.55. The van der Waals surface area contributed by atoms with E-state index in [1.54, 1.807) is 0 Å². The van der Waals surface area contributed by atoms with Crippen LogP contribution < -0.4 is 0 Å². The summed E-state index contributed by atoms with van der Waals surface area (Å²) >= 11 is 0. The molecule has 2 aliphatic heterocycles. The maximum absolute atomic E-state index is 10.5. The van der Waals surface area contributed by atoms with E-state index in [-0.39, 0.29) is 12.0 Å². The summed E-state index contributed by atoms with van der Waals surface area (Å²) in [5, 5.41) is 0. The Morgan fingerprint density at radius 1 is 1.38 bits per heavy atom. The van der Waals surface area contributed by atoms with E-state index in [1.807, 2.05) is 0 Å². The maximum atomic E-state index is 10.5. The largest absolute Gasteiger partial charge is 0.397 e. The van der Waals surface area contributed by atoms with Gasteiger partial charge in [-0.3, -0.25) is 4.55 Å². The van der Waals surface area contributed by atoms with E-state index in [0.717, 1.165) is 25.9 Å². The average molecular weight is 207 g/mol. The Hall–Kier alpha value is -0.170. The van der Waals surface area contributed by atoms with Crippen molar-refractivity contribution in [3.8, 4) is 0 Å². The summed E-state index contributed by atoms with van der Waals surface area (Å²) in [7, 11) is -4.27. The Kier molecular flexibility index (Phi) is 2.31. The van der Waals surface area contributed by atoms with Gasteiger partial charge >= 0.3 is 10.4 Å². The Morgan fingerprint density at radius 3 is 2.77 bits per heavy atom. The number of hydrogen-bond donors (Lipinski definition) is 1. The molecule has 0 amide bonds. The first-order valence-corrected chi connectivity index (χ1v) is 5.79. The number of hydrogen-bond acceptors (Lipinski definition) is 4. The molecule has 2 heterocycles. The van der Waals surface area contributed by atoms with Gasteiger partial charge in [-0.05, 0) is 19.4 Å². The van der Waals surface area contributed by atoms with Crippen LogP contribution in [0.4, 0.5) is 0 Å². The fraction of sp³-hybridized carbons (Fsp3) is 1.00. The molecule has 0 aliphatic carbocycles. The molecule has 0 aromatic heterocycles. The van der Waals surface area contributed by atoms with Crippen LogP contribution >= 0.6 is 0 Å². The summed E-state index contributed by atoms with van der Waals surface area (Å²) in [5.74, 6) is 0.274. The van der Waals surface area contributed by atoms with Crippen LogP contribution in [0, 0.1) is 5.92 Å². The molecule has 3 atom stereocenters. The van der Waals surface area contributed by atoms with Gasteiger partial charge in [0.05, 0.1) is 6.10 Å². The quantitative estimate of drug-likeness (QED) is 0.640. The molecule has 0 aromatic rings. The molecule has 2 rings (SSSR count). The molecule has 2 saturated heterocycles. The van der Waals surface area contributed by atoms with E-state index in [1.165, 1.54) is 0 Å². The highest BCUT2D eigenvalue weighted by atomic mass is 32.3. The molecule has 2 fully saturated rings. The molecule has 2 aliphatic rings. The zero-order valence-electron chi connectivity index (χ0n) is 7.22. The van der Waals surface area contributed by atoms with E-state index >= 15 is 0 Å². The molecule has 0 aromatic carbocycles. The minimum absolute atomic E-state index is 0.274. The number of fused-ring (bicyclic) bond motifs is 2. The lowest BCUT2D eigenvalue weighted by molar-refractivity contribution is 0.155. The van der Waals surface area contributed by atoms with Gasteiger partial charge in [0, 0.05) is 19.0 Å². The Labute approximate surface area is 77.6 Å². The van der Waals surface area contributed by atoms with Crippen LogP contribution in [-0.4, -0.2) is 43.6 Å². The second-order valence-corrected chi connectivity index (χ2v) is 4.77. The first kappa shape index (κ1) is 9.39. The van der Waals surface area contributed by atoms with E-state index < -0.39 is 10.4 Å². The van der Waals surface area contributed by atoms with Gasteiger partial charge in [-0.2, -0.15) is 8.42 Å². The molecule has 2 bridgehead atoms. The van der Waals surface area contributed by atoms with Crippen LogP contribution in [0.1, 0.15) is 12.8 Å². The van der Waals surface area contributed by atoms with E-state index in [4.69, 9.17) is 4.55 Å². The first-order valence-electron chi connectivity index (χ1n) is 4.43. The van der Waals surface area contributed by atoms with Gasteiger partial charge in [0.25, 0.3) is 0 Å². The molecule has 6 heteroatoms. The standard InChI is InChI=1S/C7H13NO4S/c9-13(10,11)12-7-5-8-3-1-2-6(7)4-8/h6-7H,1-5H2,(H,9,10,11). The van der Waals surface area contributed by atoms with Gasteiger partial charge < -0.3 is 4.90 Å². The van der Waals surface area contributed by atoms with Gasteiger partial charge in [0.2, 0.25) is 0 Å². The topological polar surface area (TPSA) is 66.8 Å². The summed E-state index contributed by atoms with van der Waals surface area (Å²) in [6.07, 6.45) is 1.75. The molecular weight excluding hydrogens is 194 g/mol. The SMILES string of the molecule is O=S(=O)(O)OC1CN2CCCC1C2. The van der Waals surface area contributed by atoms with E-state index in [9.17, 15) is 8.42 Å². The van der Waals surface area contributed by atoms with Crippen LogP contribution in [0.5, 0.6) is 0 Å². The Balaban J connectivity index is 2.02. The molecule has 0 saturated carbocycles. The zero-order valence-corrected chi connectivity index (χ0v) is 8.03. The summed E-state index contributed by atoms with van der Waals surface area (Å²) in [5.41, 5.74) is 0. The van der Waals surface area contributed by atoms with Crippen LogP contribution in [-0.2, 0) is 14.6 Å². The highest BCUT2D eigenvalue weighted by molar-refractivity contribution is 7.80. The van der Waals surface area contributed by atoms with Crippen LogP contribution in [0.3, 0.4) is 0 Å². The minimum atomic E-state index is -4.27. The molecule has 0 spiro atoms. The van der Waals surface area contributed by atoms with Gasteiger partial charge in [-0.15, -0.1) is 0 Å². The third kappa shape index (κ3) is 2.19. The lowest BCUT2D eigenvalue weighted by Crippen LogP contribution is -2.26. The predicted molar refractivity (Wildman–Crippen MR) is 45.6 cm³/mol. The van der Waals surface area contributed by atoms with Crippen LogP contribution in [0.15, 0.2) is 0 Å². The van der Waals surface area contributed by atoms with Crippen molar-refractivity contribution in [2.75, 3.05) is 19.6 Å². The normalized spacial score (nSPS) is 39.3. The van der Waals surface area contributed by atoms with Crippen LogP contribution in [0.25, 0.3) is 0 Å². The molecule has 76 valence electrons. The second-order valence-electron chi connectivity index (χ2n) is 3.72. The predicted octanol–water partition coefficient (Wildman–Crippen LogP) is -0.100. The highest BCUT2D eigenvalue weighted by Crippen LogP contribution is 2.29. The van der Waals surface area contributed by atoms with Crippen molar-refractivity contribution in [1.29, 1.82) is 0 Å². The minimum Gasteiger partial charge on any atom is -0.300 e. The maximum Gasteiger partial charge on any atom is 0.397 e. The zero-order chi connectivity index (χ0) is 9.47. The summed E-state index contributed by atoms with van der Waals surface area (Å²) < 4.78 is 34.1. The first-order chi connectivity index (χ1) is 6.04. The smallest absolute Gasteiger partial charge is 0.300 e. The van der Waals surface area contributed by atoms with Gasteiger partial charge in [-0.25, -0.2) is 4.18 Å².